The Morgan fingerprint density at radius 2 is 2.09 bits per heavy atom. The van der Waals surface area contributed by atoms with E-state index >= 15 is 0 Å². The highest BCUT2D eigenvalue weighted by atomic mass is 16.5. The van der Waals surface area contributed by atoms with E-state index in [0.717, 1.165) is 17.7 Å². The number of ether oxygens (including phenoxy) is 1. The molecular formula is C16H18N2O4. The lowest BCUT2D eigenvalue weighted by Gasteiger charge is -2.12. The van der Waals surface area contributed by atoms with Gasteiger partial charge in [-0.05, 0) is 37.6 Å². The summed E-state index contributed by atoms with van der Waals surface area (Å²) in [5.74, 6) is 0.331. The molecule has 6 nitrogen and oxygen atoms in total. The van der Waals surface area contributed by atoms with Crippen molar-refractivity contribution >= 4 is 5.97 Å². The van der Waals surface area contributed by atoms with Gasteiger partial charge in [-0.15, -0.1) is 0 Å². The summed E-state index contributed by atoms with van der Waals surface area (Å²) in [5, 5.41) is 12.6. The van der Waals surface area contributed by atoms with Crippen molar-refractivity contribution in [1.82, 2.24) is 10.1 Å². The van der Waals surface area contributed by atoms with Crippen molar-refractivity contribution in [3.63, 3.8) is 0 Å². The van der Waals surface area contributed by atoms with Gasteiger partial charge in [0, 0.05) is 11.1 Å². The molecular weight excluding hydrogens is 284 g/mol. The van der Waals surface area contributed by atoms with E-state index in [1.54, 1.807) is 0 Å². The van der Waals surface area contributed by atoms with Crippen LogP contribution in [0.1, 0.15) is 26.2 Å². The van der Waals surface area contributed by atoms with Crippen LogP contribution < -0.4 is 4.74 Å². The number of hydrogen-bond donors (Lipinski definition) is 1. The summed E-state index contributed by atoms with van der Waals surface area (Å²) in [6, 6.07) is 7.35. The molecule has 0 fully saturated rings. The Labute approximate surface area is 128 Å². The Balaban J connectivity index is 2.07. The fraction of sp³-hybridized carbons (Fsp3) is 0.312. The maximum Gasteiger partial charge on any atom is 0.331 e. The summed E-state index contributed by atoms with van der Waals surface area (Å²) < 4.78 is 10.7. The van der Waals surface area contributed by atoms with Crippen LogP contribution in [0.25, 0.3) is 11.4 Å². The maximum atomic E-state index is 10.7. The Morgan fingerprint density at radius 3 is 2.68 bits per heavy atom. The molecule has 22 heavy (non-hydrogen) atoms. The number of nitrogens with zero attached hydrogens (tertiary/aromatic N) is 2. The highest BCUT2D eigenvalue weighted by Gasteiger charge is 2.13. The molecule has 2 aromatic rings. The SMILES string of the molecule is C=C(Cc1nc(-c2ccc(O[C@@H](C)CC)cc2)no1)C(=O)O. The molecule has 116 valence electrons. The number of aliphatic carboxylic acids is 1. The Kier molecular flexibility index (Phi) is 4.93. The van der Waals surface area contributed by atoms with Crippen molar-refractivity contribution in [3.05, 3.63) is 42.3 Å². The van der Waals surface area contributed by atoms with Crippen molar-refractivity contribution in [2.24, 2.45) is 0 Å². The third kappa shape index (κ3) is 3.94. The molecule has 0 aliphatic carbocycles. The van der Waals surface area contributed by atoms with Gasteiger partial charge in [-0.25, -0.2) is 4.79 Å². The number of benzene rings is 1. The second-order valence-electron chi connectivity index (χ2n) is 4.96. The van der Waals surface area contributed by atoms with Crippen molar-refractivity contribution in [1.29, 1.82) is 0 Å². The first-order valence-electron chi connectivity index (χ1n) is 7.00. The third-order valence-corrected chi connectivity index (χ3v) is 3.16. The summed E-state index contributed by atoms with van der Waals surface area (Å²) in [6.07, 6.45) is 1.12. The molecule has 0 aliphatic heterocycles. The third-order valence-electron chi connectivity index (χ3n) is 3.16. The standard InChI is InChI=1S/C16H18N2O4/c1-4-11(3)21-13-7-5-12(6-8-13)15-17-14(22-18-15)9-10(2)16(19)20/h5-8,11H,2,4,9H2,1,3H3,(H,19,20)/t11-/m0/s1. The van der Waals surface area contributed by atoms with Gasteiger partial charge in [-0.1, -0.05) is 18.7 Å². The Morgan fingerprint density at radius 1 is 1.41 bits per heavy atom. The van der Waals surface area contributed by atoms with Gasteiger partial charge in [0.1, 0.15) is 5.75 Å². The number of aromatic nitrogens is 2. The van der Waals surface area contributed by atoms with Crippen LogP contribution in [0.15, 0.2) is 40.9 Å². The molecule has 1 atom stereocenters. The fourth-order valence-electron chi connectivity index (χ4n) is 1.70. The Hall–Kier alpha value is -2.63. The van der Waals surface area contributed by atoms with Gasteiger partial charge < -0.3 is 14.4 Å². The average molecular weight is 302 g/mol. The lowest BCUT2D eigenvalue weighted by atomic mass is 10.2. The van der Waals surface area contributed by atoms with E-state index in [1.807, 2.05) is 31.2 Å². The predicted octanol–water partition coefficient (Wildman–Crippen LogP) is 3.10. The Bertz CT molecular complexity index is 661. The van der Waals surface area contributed by atoms with Crippen LogP contribution in [-0.4, -0.2) is 27.3 Å². The molecule has 0 amide bonds. The first kappa shape index (κ1) is 15.8. The summed E-state index contributed by atoms with van der Waals surface area (Å²) in [4.78, 5) is 14.9. The van der Waals surface area contributed by atoms with E-state index in [1.165, 1.54) is 0 Å². The van der Waals surface area contributed by atoms with Gasteiger partial charge in [-0.2, -0.15) is 4.98 Å². The number of rotatable bonds is 7. The molecule has 0 aliphatic rings. The van der Waals surface area contributed by atoms with E-state index < -0.39 is 5.97 Å². The lowest BCUT2D eigenvalue weighted by molar-refractivity contribution is -0.132. The van der Waals surface area contributed by atoms with E-state index in [0.29, 0.717) is 5.82 Å². The van der Waals surface area contributed by atoms with Crippen LogP contribution in [0.5, 0.6) is 5.75 Å². The van der Waals surface area contributed by atoms with E-state index in [4.69, 9.17) is 14.4 Å². The highest BCUT2D eigenvalue weighted by Crippen LogP contribution is 2.21. The van der Waals surface area contributed by atoms with Gasteiger partial charge >= 0.3 is 5.97 Å². The van der Waals surface area contributed by atoms with Gasteiger partial charge in [0.15, 0.2) is 0 Å². The largest absolute Gasteiger partial charge is 0.491 e. The topological polar surface area (TPSA) is 85.5 Å². The predicted molar refractivity (Wildman–Crippen MR) is 80.6 cm³/mol. The van der Waals surface area contributed by atoms with Crippen LogP contribution in [0, 0.1) is 0 Å². The maximum absolute atomic E-state index is 10.7. The molecule has 0 radical (unpaired) electrons. The van der Waals surface area contributed by atoms with Gasteiger partial charge in [0.05, 0.1) is 12.5 Å². The van der Waals surface area contributed by atoms with Crippen LogP contribution in [-0.2, 0) is 11.2 Å². The molecule has 1 N–H and O–H groups in total. The van der Waals surface area contributed by atoms with Crippen LogP contribution >= 0.6 is 0 Å². The minimum absolute atomic E-state index is 0.00695. The second kappa shape index (κ2) is 6.89. The number of carbonyl (C=O) groups is 1. The zero-order chi connectivity index (χ0) is 16.1. The first-order valence-corrected chi connectivity index (χ1v) is 7.00. The lowest BCUT2D eigenvalue weighted by Crippen LogP contribution is -2.09. The van der Waals surface area contributed by atoms with E-state index in [2.05, 4.69) is 23.6 Å². The minimum atomic E-state index is -1.08. The van der Waals surface area contributed by atoms with E-state index in [9.17, 15) is 4.79 Å². The van der Waals surface area contributed by atoms with Crippen molar-refractivity contribution < 1.29 is 19.2 Å². The van der Waals surface area contributed by atoms with Gasteiger partial charge in [0.25, 0.3) is 0 Å². The van der Waals surface area contributed by atoms with Gasteiger partial charge in [-0.3, -0.25) is 0 Å². The normalized spacial score (nSPS) is 11.9. The molecule has 1 aromatic carbocycles. The highest BCUT2D eigenvalue weighted by molar-refractivity contribution is 5.86. The molecule has 0 unspecified atom stereocenters. The fourth-order valence-corrected chi connectivity index (χ4v) is 1.70. The summed E-state index contributed by atoms with van der Waals surface area (Å²) in [6.45, 7) is 7.50. The number of hydrogen-bond acceptors (Lipinski definition) is 5. The zero-order valence-electron chi connectivity index (χ0n) is 12.6. The minimum Gasteiger partial charge on any atom is -0.491 e. The molecule has 2 rings (SSSR count). The van der Waals surface area contributed by atoms with Crippen LogP contribution in [0.4, 0.5) is 0 Å². The smallest absolute Gasteiger partial charge is 0.331 e. The van der Waals surface area contributed by atoms with Crippen molar-refractivity contribution in [2.75, 3.05) is 0 Å². The summed E-state index contributed by atoms with van der Waals surface area (Å²) >= 11 is 0. The van der Waals surface area contributed by atoms with Gasteiger partial charge in [0.2, 0.25) is 11.7 Å². The molecule has 0 bridgehead atoms. The monoisotopic (exact) mass is 302 g/mol. The summed E-state index contributed by atoms with van der Waals surface area (Å²) in [5.41, 5.74) is 0.778. The first-order chi connectivity index (χ1) is 10.5. The second-order valence-corrected chi connectivity index (χ2v) is 4.96. The average Bonchev–Trinajstić information content (AvgIpc) is 2.96. The molecule has 0 saturated carbocycles. The molecule has 6 heteroatoms. The van der Waals surface area contributed by atoms with Crippen LogP contribution in [0.3, 0.4) is 0 Å². The molecule has 0 saturated heterocycles. The quantitative estimate of drug-likeness (QED) is 0.791. The molecule has 1 aromatic heterocycles. The van der Waals surface area contributed by atoms with Crippen molar-refractivity contribution in [3.8, 4) is 17.1 Å². The summed E-state index contributed by atoms with van der Waals surface area (Å²) in [7, 11) is 0. The van der Waals surface area contributed by atoms with Crippen LogP contribution in [0.2, 0.25) is 0 Å². The van der Waals surface area contributed by atoms with E-state index in [-0.39, 0.29) is 24.0 Å². The van der Waals surface area contributed by atoms with Crippen molar-refractivity contribution in [2.45, 2.75) is 32.8 Å². The number of carboxylic acid groups (broad SMARTS) is 1. The number of carboxylic acids is 1. The molecule has 0 spiro atoms. The molecule has 1 heterocycles. The zero-order valence-corrected chi connectivity index (χ0v) is 12.6.